The van der Waals surface area contributed by atoms with Crippen LogP contribution in [0, 0.1) is 17.6 Å². The van der Waals surface area contributed by atoms with Crippen LogP contribution in [0.5, 0.6) is 0 Å². The Morgan fingerprint density at radius 2 is 2.09 bits per heavy atom. The third-order valence-electron chi connectivity index (χ3n) is 3.99. The predicted molar refractivity (Wildman–Crippen MR) is 79.3 cm³/mol. The van der Waals surface area contributed by atoms with Gasteiger partial charge in [0.1, 0.15) is 11.6 Å². The molecule has 0 bridgehead atoms. The zero-order chi connectivity index (χ0) is 15.9. The molecule has 0 spiro atoms. The van der Waals surface area contributed by atoms with Gasteiger partial charge in [-0.05, 0) is 43.9 Å². The van der Waals surface area contributed by atoms with Gasteiger partial charge in [0.15, 0.2) is 0 Å². The van der Waals surface area contributed by atoms with Gasteiger partial charge >= 0.3 is 0 Å². The molecule has 1 saturated heterocycles. The van der Waals surface area contributed by atoms with Crippen molar-refractivity contribution in [3.63, 3.8) is 0 Å². The molecule has 1 atom stereocenters. The van der Waals surface area contributed by atoms with Crippen molar-refractivity contribution in [2.45, 2.75) is 19.3 Å². The van der Waals surface area contributed by atoms with Crippen LogP contribution in [-0.2, 0) is 11.2 Å². The number of benzene rings is 1. The number of piperidine rings is 1. The van der Waals surface area contributed by atoms with E-state index in [4.69, 9.17) is 5.11 Å². The summed E-state index contributed by atoms with van der Waals surface area (Å²) in [7, 11) is 0. The lowest BCUT2D eigenvalue weighted by atomic mass is 9.99. The number of rotatable bonds is 6. The number of aliphatic hydroxyl groups is 1. The lowest BCUT2D eigenvalue weighted by Crippen LogP contribution is -2.43. The third-order valence-corrected chi connectivity index (χ3v) is 3.99. The quantitative estimate of drug-likeness (QED) is 0.833. The van der Waals surface area contributed by atoms with E-state index in [9.17, 15) is 13.6 Å². The Kier molecular flexibility index (Phi) is 6.27. The van der Waals surface area contributed by atoms with Gasteiger partial charge in [0.05, 0.1) is 6.54 Å². The van der Waals surface area contributed by atoms with Crippen molar-refractivity contribution in [1.29, 1.82) is 0 Å². The molecule has 1 aromatic rings. The molecule has 1 unspecified atom stereocenters. The molecule has 2 rings (SSSR count). The van der Waals surface area contributed by atoms with Gasteiger partial charge in [0.2, 0.25) is 5.91 Å². The minimum absolute atomic E-state index is 0.00103. The van der Waals surface area contributed by atoms with E-state index in [1.807, 2.05) is 4.90 Å². The number of halogens is 2. The summed E-state index contributed by atoms with van der Waals surface area (Å²) in [4.78, 5) is 13.9. The molecule has 2 N–H and O–H groups in total. The fraction of sp³-hybridized carbons (Fsp3) is 0.562. The van der Waals surface area contributed by atoms with Gasteiger partial charge in [-0.1, -0.05) is 6.07 Å². The van der Waals surface area contributed by atoms with Crippen LogP contribution >= 0.6 is 0 Å². The Labute approximate surface area is 129 Å². The van der Waals surface area contributed by atoms with Crippen molar-refractivity contribution in [3.05, 3.63) is 35.4 Å². The van der Waals surface area contributed by atoms with Gasteiger partial charge < -0.3 is 10.4 Å². The first kappa shape index (κ1) is 16.8. The fourth-order valence-corrected chi connectivity index (χ4v) is 2.80. The molecule has 0 saturated carbocycles. The van der Waals surface area contributed by atoms with E-state index in [-0.39, 0.29) is 43.5 Å². The van der Waals surface area contributed by atoms with Crippen molar-refractivity contribution >= 4 is 5.91 Å². The molecular formula is C16H22F2N2O2. The molecular weight excluding hydrogens is 290 g/mol. The summed E-state index contributed by atoms with van der Waals surface area (Å²) in [5.74, 6) is -1.10. The summed E-state index contributed by atoms with van der Waals surface area (Å²) in [6, 6.07) is 3.74. The summed E-state index contributed by atoms with van der Waals surface area (Å²) in [6.45, 7) is 2.16. The first-order valence-electron chi connectivity index (χ1n) is 7.63. The number of carbonyl (C=O) groups excluding carboxylic acids is 1. The van der Waals surface area contributed by atoms with E-state index >= 15 is 0 Å². The summed E-state index contributed by atoms with van der Waals surface area (Å²) in [6.07, 6.45) is 2.09. The number of likely N-dealkylation sites (tertiary alicyclic amines) is 1. The number of aliphatic hydroxyl groups excluding tert-OH is 1. The maximum atomic E-state index is 13.4. The molecule has 122 valence electrons. The Bertz CT molecular complexity index is 491. The van der Waals surface area contributed by atoms with Gasteiger partial charge in [-0.25, -0.2) is 8.78 Å². The van der Waals surface area contributed by atoms with Gasteiger partial charge in [0.25, 0.3) is 0 Å². The van der Waals surface area contributed by atoms with Gasteiger partial charge in [-0.3, -0.25) is 9.69 Å². The Morgan fingerprint density at radius 1 is 1.36 bits per heavy atom. The van der Waals surface area contributed by atoms with Crippen LogP contribution in [0.1, 0.15) is 18.4 Å². The Hall–Kier alpha value is -1.53. The van der Waals surface area contributed by atoms with Crippen LogP contribution in [0.2, 0.25) is 0 Å². The van der Waals surface area contributed by atoms with E-state index in [0.29, 0.717) is 6.54 Å². The van der Waals surface area contributed by atoms with Crippen LogP contribution in [0.15, 0.2) is 18.2 Å². The van der Waals surface area contributed by atoms with Crippen molar-refractivity contribution in [2.75, 3.05) is 32.8 Å². The molecule has 6 heteroatoms. The first-order chi connectivity index (χ1) is 10.6. The largest absolute Gasteiger partial charge is 0.396 e. The lowest BCUT2D eigenvalue weighted by molar-refractivity contribution is -0.122. The molecule has 0 aromatic heterocycles. The molecule has 4 nitrogen and oxygen atoms in total. The minimum Gasteiger partial charge on any atom is -0.396 e. The summed E-state index contributed by atoms with van der Waals surface area (Å²) < 4.78 is 26.9. The highest BCUT2D eigenvalue weighted by molar-refractivity contribution is 5.78. The summed E-state index contributed by atoms with van der Waals surface area (Å²) >= 11 is 0. The first-order valence-corrected chi connectivity index (χ1v) is 7.63. The highest BCUT2D eigenvalue weighted by Crippen LogP contribution is 2.15. The third kappa shape index (κ3) is 4.74. The molecule has 1 aliphatic rings. The smallest absolute Gasteiger partial charge is 0.234 e. The Balaban J connectivity index is 1.74. The van der Waals surface area contributed by atoms with Crippen molar-refractivity contribution < 1.29 is 18.7 Å². The topological polar surface area (TPSA) is 52.6 Å². The number of hydrogen-bond donors (Lipinski definition) is 2. The average Bonchev–Trinajstić information content (AvgIpc) is 2.50. The number of amides is 1. The molecule has 0 radical (unpaired) electrons. The van der Waals surface area contributed by atoms with E-state index in [1.54, 1.807) is 0 Å². The summed E-state index contributed by atoms with van der Waals surface area (Å²) in [5, 5.41) is 11.9. The van der Waals surface area contributed by atoms with Crippen LogP contribution in [0.4, 0.5) is 8.78 Å². The standard InChI is InChI=1S/C16H22F2N2O2/c17-14-4-1-5-15(18)13(14)6-7-19-16(22)10-20-8-2-3-12(9-20)11-21/h1,4-5,12,21H,2-3,6-11H2,(H,19,22). The highest BCUT2D eigenvalue weighted by Gasteiger charge is 2.20. The average molecular weight is 312 g/mol. The Morgan fingerprint density at radius 3 is 2.77 bits per heavy atom. The number of nitrogens with zero attached hydrogens (tertiary/aromatic N) is 1. The second-order valence-corrected chi connectivity index (χ2v) is 5.73. The van der Waals surface area contributed by atoms with Gasteiger partial charge in [-0.15, -0.1) is 0 Å². The van der Waals surface area contributed by atoms with E-state index < -0.39 is 11.6 Å². The minimum atomic E-state index is -0.587. The van der Waals surface area contributed by atoms with E-state index in [2.05, 4.69) is 5.32 Å². The number of hydrogen-bond acceptors (Lipinski definition) is 3. The molecule has 1 aromatic carbocycles. The van der Waals surface area contributed by atoms with E-state index in [1.165, 1.54) is 18.2 Å². The molecule has 0 aliphatic carbocycles. The van der Waals surface area contributed by atoms with Gasteiger partial charge in [0, 0.05) is 25.3 Å². The zero-order valence-electron chi connectivity index (χ0n) is 12.5. The molecule has 1 amide bonds. The van der Waals surface area contributed by atoms with Crippen LogP contribution in [0.3, 0.4) is 0 Å². The van der Waals surface area contributed by atoms with E-state index in [0.717, 1.165) is 19.4 Å². The second-order valence-electron chi connectivity index (χ2n) is 5.73. The zero-order valence-corrected chi connectivity index (χ0v) is 12.5. The van der Waals surface area contributed by atoms with Crippen molar-refractivity contribution in [1.82, 2.24) is 10.2 Å². The molecule has 1 heterocycles. The van der Waals surface area contributed by atoms with Crippen LogP contribution in [0.25, 0.3) is 0 Å². The number of carbonyl (C=O) groups is 1. The maximum Gasteiger partial charge on any atom is 0.234 e. The van der Waals surface area contributed by atoms with Crippen LogP contribution in [-0.4, -0.2) is 48.7 Å². The predicted octanol–water partition coefficient (Wildman–Crippen LogP) is 1.33. The molecule has 1 fully saturated rings. The second kappa shape index (κ2) is 8.19. The lowest BCUT2D eigenvalue weighted by Gasteiger charge is -2.31. The van der Waals surface area contributed by atoms with Crippen molar-refractivity contribution in [3.8, 4) is 0 Å². The maximum absolute atomic E-state index is 13.4. The van der Waals surface area contributed by atoms with Gasteiger partial charge in [-0.2, -0.15) is 0 Å². The normalized spacial score (nSPS) is 19.1. The highest BCUT2D eigenvalue weighted by atomic mass is 19.1. The van der Waals surface area contributed by atoms with Crippen LogP contribution < -0.4 is 5.32 Å². The monoisotopic (exact) mass is 312 g/mol. The molecule has 1 aliphatic heterocycles. The molecule has 22 heavy (non-hydrogen) atoms. The summed E-state index contributed by atoms with van der Waals surface area (Å²) in [5.41, 5.74) is 0.00103. The van der Waals surface area contributed by atoms with Crippen molar-refractivity contribution in [2.24, 2.45) is 5.92 Å². The SMILES string of the molecule is O=C(CN1CCCC(CO)C1)NCCc1c(F)cccc1F. The number of nitrogens with one attached hydrogen (secondary N) is 1. The fourth-order valence-electron chi connectivity index (χ4n) is 2.80.